The third kappa shape index (κ3) is 1.84. The van der Waals surface area contributed by atoms with E-state index in [0.29, 0.717) is 0 Å². The molecule has 0 saturated heterocycles. The largest absolute Gasteiger partial charge is 0.325 e. The first-order valence-electron chi connectivity index (χ1n) is 3.70. The summed E-state index contributed by atoms with van der Waals surface area (Å²) in [4.78, 5) is 1.99. The van der Waals surface area contributed by atoms with Gasteiger partial charge in [0, 0.05) is 18.1 Å². The molecule has 0 atom stereocenters. The second-order valence-electron chi connectivity index (χ2n) is 2.59. The van der Waals surface area contributed by atoms with Gasteiger partial charge in [0.2, 0.25) is 0 Å². The summed E-state index contributed by atoms with van der Waals surface area (Å²) < 4.78 is 0. The minimum absolute atomic E-state index is 1.02. The van der Waals surface area contributed by atoms with Crippen LogP contribution in [0.15, 0.2) is 48.5 Å². The molecule has 11 heavy (non-hydrogen) atoms. The summed E-state index contributed by atoms with van der Waals surface area (Å²) in [5.74, 6) is 0. The lowest BCUT2D eigenvalue weighted by molar-refractivity contribution is 0.644. The van der Waals surface area contributed by atoms with Gasteiger partial charge in [-0.3, -0.25) is 0 Å². The van der Waals surface area contributed by atoms with Crippen LogP contribution in [0.3, 0.4) is 0 Å². The minimum Gasteiger partial charge on any atom is -0.325 e. The van der Waals surface area contributed by atoms with Crippen LogP contribution in [0.2, 0.25) is 0 Å². The maximum Gasteiger partial charge on any atom is 0.0380 e. The summed E-state index contributed by atoms with van der Waals surface area (Å²) in [6, 6.07) is 0. The first-order valence-corrected chi connectivity index (χ1v) is 3.70. The van der Waals surface area contributed by atoms with Gasteiger partial charge in [-0.25, -0.2) is 0 Å². The normalized spacial score (nSPS) is 17.8. The SMILES string of the molecule is C=C1C=C(C)C=CN1/C=C\C. The lowest BCUT2D eigenvalue weighted by Crippen LogP contribution is -2.08. The Hall–Kier alpha value is -1.24. The van der Waals surface area contributed by atoms with Gasteiger partial charge in [-0.05, 0) is 31.6 Å². The smallest absolute Gasteiger partial charge is 0.0380 e. The van der Waals surface area contributed by atoms with E-state index in [0.717, 1.165) is 5.70 Å². The van der Waals surface area contributed by atoms with Gasteiger partial charge in [-0.2, -0.15) is 0 Å². The highest BCUT2D eigenvalue weighted by molar-refractivity contribution is 5.33. The molecule has 1 heterocycles. The minimum atomic E-state index is 1.02. The molecule has 0 aromatic heterocycles. The van der Waals surface area contributed by atoms with Crippen LogP contribution >= 0.6 is 0 Å². The van der Waals surface area contributed by atoms with E-state index in [1.807, 2.05) is 30.3 Å². The standard InChI is InChI=1S/C10H13N/c1-4-6-11-7-5-9(2)8-10(11)3/h4-8H,3H2,1-2H3/b6-4-. The molecule has 1 heteroatoms. The first kappa shape index (κ1) is 7.86. The van der Waals surface area contributed by atoms with Crippen molar-refractivity contribution in [2.45, 2.75) is 13.8 Å². The van der Waals surface area contributed by atoms with E-state index in [2.05, 4.69) is 25.7 Å². The molecule has 1 rings (SSSR count). The van der Waals surface area contributed by atoms with E-state index in [1.54, 1.807) is 0 Å². The number of allylic oxidation sites excluding steroid dienone is 4. The third-order valence-corrected chi connectivity index (χ3v) is 1.53. The monoisotopic (exact) mass is 147 g/mol. The Labute approximate surface area is 68.0 Å². The molecule has 1 aliphatic rings. The number of nitrogens with zero attached hydrogens (tertiary/aromatic N) is 1. The van der Waals surface area contributed by atoms with Gasteiger partial charge in [0.25, 0.3) is 0 Å². The van der Waals surface area contributed by atoms with Crippen molar-refractivity contribution in [1.29, 1.82) is 0 Å². The first-order chi connectivity index (χ1) is 5.24. The number of hydrogen-bond donors (Lipinski definition) is 0. The highest BCUT2D eigenvalue weighted by Crippen LogP contribution is 2.14. The van der Waals surface area contributed by atoms with Crippen LogP contribution in [-0.2, 0) is 0 Å². The average Bonchev–Trinajstić information content (AvgIpc) is 1.95. The molecule has 58 valence electrons. The molecule has 1 nitrogen and oxygen atoms in total. The van der Waals surface area contributed by atoms with Gasteiger partial charge in [0.05, 0.1) is 0 Å². The van der Waals surface area contributed by atoms with Gasteiger partial charge < -0.3 is 4.90 Å². The fourth-order valence-electron chi connectivity index (χ4n) is 0.985. The lowest BCUT2D eigenvalue weighted by Gasteiger charge is -2.19. The van der Waals surface area contributed by atoms with Crippen molar-refractivity contribution in [3.05, 3.63) is 48.5 Å². The zero-order chi connectivity index (χ0) is 8.27. The molecule has 0 fully saturated rings. The molecule has 0 unspecified atom stereocenters. The second-order valence-corrected chi connectivity index (χ2v) is 2.59. The van der Waals surface area contributed by atoms with E-state index >= 15 is 0 Å². The van der Waals surface area contributed by atoms with E-state index in [9.17, 15) is 0 Å². The Morgan fingerprint density at radius 2 is 2.27 bits per heavy atom. The molecule has 0 N–H and O–H groups in total. The summed E-state index contributed by atoms with van der Waals surface area (Å²) in [5.41, 5.74) is 2.26. The van der Waals surface area contributed by atoms with Crippen LogP contribution < -0.4 is 0 Å². The molecular formula is C10H13N. The van der Waals surface area contributed by atoms with Crippen molar-refractivity contribution < 1.29 is 0 Å². The molecule has 0 aromatic rings. The highest BCUT2D eigenvalue weighted by Gasteiger charge is 2.01. The van der Waals surface area contributed by atoms with Crippen LogP contribution in [0.1, 0.15) is 13.8 Å². The zero-order valence-corrected chi connectivity index (χ0v) is 7.04. The van der Waals surface area contributed by atoms with Crippen LogP contribution in [0.4, 0.5) is 0 Å². The van der Waals surface area contributed by atoms with Crippen LogP contribution in [0.25, 0.3) is 0 Å². The summed E-state index contributed by atoms with van der Waals surface area (Å²) in [6.45, 7) is 7.97. The molecular weight excluding hydrogens is 134 g/mol. The van der Waals surface area contributed by atoms with Crippen molar-refractivity contribution in [3.8, 4) is 0 Å². The molecule has 0 radical (unpaired) electrons. The molecule has 0 saturated carbocycles. The molecule has 0 bridgehead atoms. The summed E-state index contributed by atoms with van der Waals surface area (Å²) >= 11 is 0. The summed E-state index contributed by atoms with van der Waals surface area (Å²) in [5, 5.41) is 0. The zero-order valence-electron chi connectivity index (χ0n) is 7.04. The van der Waals surface area contributed by atoms with Gasteiger partial charge >= 0.3 is 0 Å². The van der Waals surface area contributed by atoms with E-state index < -0.39 is 0 Å². The predicted molar refractivity (Wildman–Crippen MR) is 48.7 cm³/mol. The van der Waals surface area contributed by atoms with Crippen LogP contribution in [0, 0.1) is 0 Å². The van der Waals surface area contributed by atoms with E-state index in [-0.39, 0.29) is 0 Å². The second kappa shape index (κ2) is 3.24. The maximum absolute atomic E-state index is 3.91. The van der Waals surface area contributed by atoms with Crippen LogP contribution in [-0.4, -0.2) is 4.90 Å². The fraction of sp³-hybridized carbons (Fsp3) is 0.200. The highest BCUT2D eigenvalue weighted by atomic mass is 15.1. The third-order valence-electron chi connectivity index (χ3n) is 1.53. The number of hydrogen-bond acceptors (Lipinski definition) is 1. The molecule has 0 spiro atoms. The maximum atomic E-state index is 3.91. The van der Waals surface area contributed by atoms with Crippen molar-refractivity contribution in [2.75, 3.05) is 0 Å². The Balaban J connectivity index is 2.77. The van der Waals surface area contributed by atoms with E-state index in [4.69, 9.17) is 0 Å². The average molecular weight is 147 g/mol. The topological polar surface area (TPSA) is 3.24 Å². The van der Waals surface area contributed by atoms with Crippen molar-refractivity contribution in [3.63, 3.8) is 0 Å². The van der Waals surface area contributed by atoms with Crippen LogP contribution in [0.5, 0.6) is 0 Å². The Morgan fingerprint density at radius 1 is 1.55 bits per heavy atom. The van der Waals surface area contributed by atoms with Gasteiger partial charge in [-0.15, -0.1) is 0 Å². The Bertz CT molecular complexity index is 244. The van der Waals surface area contributed by atoms with Crippen molar-refractivity contribution >= 4 is 0 Å². The summed E-state index contributed by atoms with van der Waals surface area (Å²) in [6.07, 6.45) is 10.1. The van der Waals surface area contributed by atoms with Gasteiger partial charge in [0.15, 0.2) is 0 Å². The predicted octanol–water partition coefficient (Wildman–Crippen LogP) is 2.81. The molecule has 1 aliphatic heterocycles. The van der Waals surface area contributed by atoms with Gasteiger partial charge in [-0.1, -0.05) is 12.7 Å². The fourth-order valence-corrected chi connectivity index (χ4v) is 0.985. The quantitative estimate of drug-likeness (QED) is 0.551. The molecule has 0 amide bonds. The van der Waals surface area contributed by atoms with E-state index in [1.165, 1.54) is 5.57 Å². The molecule has 0 aromatic carbocycles. The molecule has 0 aliphatic carbocycles. The van der Waals surface area contributed by atoms with Crippen molar-refractivity contribution in [1.82, 2.24) is 4.90 Å². The van der Waals surface area contributed by atoms with Gasteiger partial charge in [0.1, 0.15) is 0 Å². The van der Waals surface area contributed by atoms with Crippen molar-refractivity contribution in [2.24, 2.45) is 0 Å². The Morgan fingerprint density at radius 3 is 2.82 bits per heavy atom. The lowest BCUT2D eigenvalue weighted by atomic mass is 10.2. The Kier molecular flexibility index (Phi) is 2.32. The summed E-state index contributed by atoms with van der Waals surface area (Å²) in [7, 11) is 0. The number of rotatable bonds is 1.